The molecule has 5 heteroatoms. The summed E-state index contributed by atoms with van der Waals surface area (Å²) in [5.74, 6) is 0. The Morgan fingerprint density at radius 1 is 0.818 bits per heavy atom. The molecule has 0 N–H and O–H groups in total. The van der Waals surface area contributed by atoms with Crippen molar-refractivity contribution in [2.75, 3.05) is 0 Å². The summed E-state index contributed by atoms with van der Waals surface area (Å²) in [4.78, 5) is 0. The Kier molecular flexibility index (Phi) is 7.09. The molecule has 2 aliphatic carbocycles. The maximum atomic E-state index is 2.73. The van der Waals surface area contributed by atoms with E-state index in [0.717, 1.165) is 0 Å². The summed E-state index contributed by atoms with van der Waals surface area (Å²) in [6, 6.07) is 0. The van der Waals surface area contributed by atoms with Crippen LogP contribution < -0.4 is 0 Å². The first-order valence-corrected chi connectivity index (χ1v) is 27.7. The molecule has 2 aliphatic rings. The molecule has 0 saturated carbocycles. The molecule has 0 saturated heterocycles. The van der Waals surface area contributed by atoms with Crippen LogP contribution in [0.3, 0.4) is 0 Å². The Hall–Kier alpha value is 0.711. The van der Waals surface area contributed by atoms with Crippen molar-refractivity contribution in [3.8, 4) is 0 Å². The predicted molar refractivity (Wildman–Crippen MR) is 111 cm³/mol. The van der Waals surface area contributed by atoms with Gasteiger partial charge in [0.2, 0.25) is 0 Å². The van der Waals surface area contributed by atoms with Crippen LogP contribution in [0, 0.1) is 0 Å². The van der Waals surface area contributed by atoms with Crippen LogP contribution in [-0.4, -0.2) is 31.6 Å². The van der Waals surface area contributed by atoms with Crippen molar-refractivity contribution in [3.63, 3.8) is 0 Å². The molecule has 0 nitrogen and oxygen atoms in total. The second-order valence-corrected chi connectivity index (χ2v) is 51.6. The van der Waals surface area contributed by atoms with Gasteiger partial charge in [0.15, 0.2) is 0 Å². The molecule has 22 heavy (non-hydrogen) atoms. The fourth-order valence-corrected chi connectivity index (χ4v) is 113. The summed E-state index contributed by atoms with van der Waals surface area (Å²) in [5, 5.41) is 0. The number of hydrogen-bond acceptors (Lipinski definition) is 0. The number of hydrogen-bond donors (Lipinski definition) is 0. The van der Waals surface area contributed by atoms with E-state index in [1.165, 1.54) is 12.8 Å². The molecule has 0 bridgehead atoms. The first-order chi connectivity index (χ1) is 10.4. The first kappa shape index (κ1) is 19.0. The van der Waals surface area contributed by atoms with Gasteiger partial charge in [-0.2, -0.15) is 0 Å². The van der Waals surface area contributed by atoms with Crippen LogP contribution >= 0.6 is 0 Å². The van der Waals surface area contributed by atoms with Crippen LogP contribution in [0.15, 0.2) is 43.0 Å². The molecule has 0 atom stereocenters. The van der Waals surface area contributed by atoms with Gasteiger partial charge in [-0.3, -0.25) is 0 Å². The third-order valence-corrected chi connectivity index (χ3v) is 92.4. The van der Waals surface area contributed by atoms with Gasteiger partial charge >= 0.3 is 152 Å². The molecular formula is C17H33Si4Zr. The van der Waals surface area contributed by atoms with E-state index >= 15 is 0 Å². The molecule has 0 spiro atoms. The van der Waals surface area contributed by atoms with Crippen LogP contribution in [0.4, 0.5) is 0 Å². The van der Waals surface area contributed by atoms with Gasteiger partial charge in [-0.05, 0) is 0 Å². The third-order valence-electron chi connectivity index (χ3n) is 6.03. The van der Waals surface area contributed by atoms with E-state index in [2.05, 4.69) is 75.7 Å². The van der Waals surface area contributed by atoms with Crippen molar-refractivity contribution in [2.45, 2.75) is 55.9 Å². The molecule has 0 unspecified atom stereocenters. The Morgan fingerprint density at radius 2 is 1.23 bits per heavy atom. The topological polar surface area (TPSA) is 0 Å². The van der Waals surface area contributed by atoms with Crippen molar-refractivity contribution < 1.29 is 21.8 Å². The van der Waals surface area contributed by atoms with Crippen molar-refractivity contribution in [3.05, 3.63) is 43.0 Å². The monoisotopic (exact) mass is 439 g/mol. The molecule has 0 aromatic rings. The standard InChI is InChI=1S/C7H23Si4.2C5H5.Zr/c1-8(2)11(7,9(3)4)10(5)6;2*1-2-4-5-3-1;/h8-10H,7H2,1-6H3;2*1-3H,4H2;. The predicted octanol–water partition coefficient (Wildman–Crippen LogP) is 4.39. The Morgan fingerprint density at radius 3 is 1.50 bits per heavy atom. The molecule has 0 aromatic carbocycles. The molecule has 121 valence electrons. The number of allylic oxidation sites excluding steroid dienone is 8. The fourth-order valence-electron chi connectivity index (χ4n) is 4.69. The fraction of sp³-hybridized carbons (Fsp3) is 0.529. The normalized spacial score (nSPS) is 17.9. The number of rotatable bonds is 7. The SMILES string of the molecule is C[SiH](C)[Si]([CH2][Zr]([C]1=CC=CC1)[C]1=CC=CC1)([SiH](C)C)[SiH](C)C. The van der Waals surface area contributed by atoms with Crippen molar-refractivity contribution in [2.24, 2.45) is 0 Å². The second kappa shape index (κ2) is 8.19. The molecule has 0 radical (unpaired) electrons. The van der Waals surface area contributed by atoms with E-state index in [-0.39, 0.29) is 0 Å². The summed E-state index contributed by atoms with van der Waals surface area (Å²) < 4.78 is 5.66. The van der Waals surface area contributed by atoms with Gasteiger partial charge in [0, 0.05) is 0 Å². The Bertz CT molecular complexity index is 463. The van der Waals surface area contributed by atoms with Gasteiger partial charge in [-0.25, -0.2) is 0 Å². The second-order valence-electron chi connectivity index (χ2n) is 7.88. The van der Waals surface area contributed by atoms with Crippen LogP contribution in [0.1, 0.15) is 12.8 Å². The molecule has 0 aromatic heterocycles. The minimum atomic E-state index is -1.56. The average Bonchev–Trinajstić information content (AvgIpc) is 3.11. The summed E-state index contributed by atoms with van der Waals surface area (Å²) in [7, 11) is -1.39. The zero-order valence-corrected chi connectivity index (χ0v) is 22.2. The third kappa shape index (κ3) is 3.85. The van der Waals surface area contributed by atoms with Crippen molar-refractivity contribution in [1.29, 1.82) is 0 Å². The average molecular weight is 441 g/mol. The Balaban J connectivity index is 2.34. The molecule has 2 rings (SSSR count). The molecule has 0 aliphatic heterocycles. The van der Waals surface area contributed by atoms with Gasteiger partial charge in [-0.1, -0.05) is 0 Å². The Labute approximate surface area is 151 Å². The van der Waals surface area contributed by atoms with Gasteiger partial charge in [0.25, 0.3) is 0 Å². The van der Waals surface area contributed by atoms with Crippen molar-refractivity contribution in [1.82, 2.24) is 0 Å². The van der Waals surface area contributed by atoms with E-state index in [9.17, 15) is 0 Å². The van der Waals surface area contributed by atoms with Crippen LogP contribution in [0.25, 0.3) is 0 Å². The van der Waals surface area contributed by atoms with E-state index in [1.54, 1.807) is 0 Å². The van der Waals surface area contributed by atoms with E-state index in [4.69, 9.17) is 0 Å². The minimum absolute atomic E-state index is 0.463. The molecule has 0 amide bonds. The summed E-state index contributed by atoms with van der Waals surface area (Å²) in [6.45, 7) is 15.5. The quantitative estimate of drug-likeness (QED) is 0.515. The van der Waals surface area contributed by atoms with Gasteiger partial charge in [0.05, 0.1) is 0 Å². The molecular weight excluding hydrogens is 408 g/mol. The summed E-state index contributed by atoms with van der Waals surface area (Å²) in [6.07, 6.45) is 17.2. The van der Waals surface area contributed by atoms with E-state index < -0.39 is 53.3 Å². The first-order valence-electron chi connectivity index (χ1n) is 8.97. The zero-order chi connectivity index (χ0) is 16.3. The van der Waals surface area contributed by atoms with Crippen LogP contribution in [-0.2, 0) is 21.8 Å². The molecule has 0 fully saturated rings. The van der Waals surface area contributed by atoms with E-state index in [0.29, 0.717) is 0 Å². The summed E-state index contributed by atoms with van der Waals surface area (Å²) in [5.41, 5.74) is 0. The van der Waals surface area contributed by atoms with E-state index in [1.807, 2.05) is 10.3 Å². The van der Waals surface area contributed by atoms with Gasteiger partial charge in [0.1, 0.15) is 0 Å². The van der Waals surface area contributed by atoms with Gasteiger partial charge < -0.3 is 0 Å². The van der Waals surface area contributed by atoms with Crippen LogP contribution in [0.5, 0.6) is 0 Å². The summed E-state index contributed by atoms with van der Waals surface area (Å²) >= 11 is -1.56. The maximum absolute atomic E-state index is 2.73. The van der Waals surface area contributed by atoms with Gasteiger partial charge in [-0.15, -0.1) is 0 Å². The van der Waals surface area contributed by atoms with Crippen LogP contribution in [0.2, 0.25) is 43.0 Å². The molecule has 0 heterocycles. The van der Waals surface area contributed by atoms with Crippen molar-refractivity contribution >= 4 is 31.6 Å². The zero-order valence-electron chi connectivity index (χ0n) is 15.3.